The van der Waals surface area contributed by atoms with Crippen molar-refractivity contribution in [3.8, 4) is 0 Å². The molecule has 0 aliphatic carbocycles. The third-order valence-electron chi connectivity index (χ3n) is 0.283. The minimum absolute atomic E-state index is 0. The van der Waals surface area contributed by atoms with E-state index in [0.29, 0.717) is 0 Å². The van der Waals surface area contributed by atoms with Crippen LogP contribution >= 0.6 is 0 Å². The number of hydrogen-bond donors (Lipinski definition) is 0. The smallest absolute Gasteiger partial charge is 0.0913 e. The Hall–Kier alpha value is -0.900. The number of nitrogens with zero attached hydrogens (tertiary/aromatic N) is 3. The Morgan fingerprint density at radius 3 is 1.83 bits per heavy atom. The first-order valence-electron chi connectivity index (χ1n) is 1.21. The fourth-order valence-corrected chi connectivity index (χ4v) is 0.136. The molecule has 0 spiro atoms. The molecule has 0 N–H and O–H groups in total. The second-order valence-corrected chi connectivity index (χ2v) is 0.591. The van der Waals surface area contributed by atoms with Gasteiger partial charge in [0.15, 0.2) is 0 Å². The van der Waals surface area contributed by atoms with Gasteiger partial charge in [-0.05, 0) is 0 Å². The summed E-state index contributed by atoms with van der Waals surface area (Å²) in [5.41, 5.74) is 0. The summed E-state index contributed by atoms with van der Waals surface area (Å²) in [6.45, 7) is 0. The summed E-state index contributed by atoms with van der Waals surface area (Å²) in [5.74, 6) is 0. The van der Waals surface area contributed by atoms with E-state index in [4.69, 9.17) is 0 Å². The average molecular weight is 84.1 g/mol. The van der Waals surface area contributed by atoms with E-state index >= 15 is 0 Å². The monoisotopic (exact) mass is 84.0 g/mol. The van der Waals surface area contributed by atoms with E-state index in [1.807, 2.05) is 0 Å². The Morgan fingerprint density at radius 2 is 1.67 bits per heavy atom. The van der Waals surface area contributed by atoms with Crippen LogP contribution in [0.1, 0.15) is 0 Å². The van der Waals surface area contributed by atoms with Gasteiger partial charge in [0.2, 0.25) is 0 Å². The summed E-state index contributed by atoms with van der Waals surface area (Å²) in [6.07, 6.45) is 2.94. The molecule has 4 heteroatoms. The predicted molar refractivity (Wildman–Crippen MR) is 16.4 cm³/mol. The molecule has 3 radical (unpaired) electrons. The number of aromatic nitrogens is 2. The lowest BCUT2D eigenvalue weighted by Gasteiger charge is -1.45. The van der Waals surface area contributed by atoms with Gasteiger partial charge in [0.25, 0.3) is 0 Å². The van der Waals surface area contributed by atoms with Crippen molar-refractivity contribution in [3.63, 3.8) is 0 Å². The summed E-state index contributed by atoms with van der Waals surface area (Å²) in [5, 5.41) is 6.47. The zero-order chi connectivity index (χ0) is 3.54. The van der Waals surface area contributed by atoms with Crippen LogP contribution in [0.4, 0.5) is 0 Å². The van der Waals surface area contributed by atoms with Crippen molar-refractivity contribution in [1.29, 1.82) is 0 Å². The maximum Gasteiger partial charge on any atom is 0.0913 e. The van der Waals surface area contributed by atoms with Crippen LogP contribution in [0.15, 0.2) is 17.0 Å². The van der Waals surface area contributed by atoms with E-state index in [9.17, 15) is 0 Å². The molecule has 0 atom stereocenters. The van der Waals surface area contributed by atoms with Crippen LogP contribution in [0.2, 0.25) is 0 Å². The number of rotatable bonds is 0. The molecule has 0 aromatic carbocycles. The van der Waals surface area contributed by atoms with E-state index in [2.05, 4.69) is 14.9 Å². The molecule has 1 heterocycles. The van der Waals surface area contributed by atoms with Gasteiger partial charge in [0.05, 0.1) is 12.4 Å². The van der Waals surface area contributed by atoms with Crippen LogP contribution in [0, 0.1) is 0 Å². The minimum atomic E-state index is 0. The highest BCUT2D eigenvalue weighted by molar-refractivity contribution is 4.51. The molecule has 1 aromatic heterocycles. The largest absolute Gasteiger partial charge is 0.245 e. The van der Waals surface area contributed by atoms with Gasteiger partial charge in [-0.15, -0.1) is 0 Å². The topological polar surface area (TPSA) is 69.4 Å². The normalized spacial score (nSPS) is 6.67. The molecule has 0 bridgehead atoms. The Morgan fingerprint density at radius 1 is 1.17 bits per heavy atom. The maximum atomic E-state index is 4.08. The third kappa shape index (κ3) is 0.813. The molecule has 0 saturated heterocycles. The molecule has 1 rings (SSSR count). The van der Waals surface area contributed by atoms with E-state index in [1.165, 1.54) is 12.4 Å². The summed E-state index contributed by atoms with van der Waals surface area (Å²) >= 11 is 0. The van der Waals surface area contributed by atoms with Crippen molar-refractivity contribution in [2.45, 2.75) is 0 Å². The van der Waals surface area contributed by atoms with Crippen LogP contribution in [-0.4, -0.2) is 10.3 Å². The molecule has 31 valence electrons. The molecule has 0 amide bonds. The highest BCUT2D eigenvalue weighted by Gasteiger charge is 1.61. The van der Waals surface area contributed by atoms with Gasteiger partial charge in [-0.3, -0.25) is 0 Å². The summed E-state index contributed by atoms with van der Waals surface area (Å²) in [7, 11) is 0. The van der Waals surface area contributed by atoms with Crippen LogP contribution in [0.3, 0.4) is 0 Å². The quantitative estimate of drug-likeness (QED) is 0.429. The second kappa shape index (κ2) is 2.34. The summed E-state index contributed by atoms with van der Waals surface area (Å²) in [6, 6.07) is 0. The van der Waals surface area contributed by atoms with Crippen LogP contribution in [0.5, 0.6) is 0 Å². The highest BCUT2D eigenvalue weighted by Crippen LogP contribution is 1.62. The van der Waals surface area contributed by atoms with Crippen LogP contribution < -0.4 is 6.15 Å². The Bertz CT molecular complexity index is 65.3. The fraction of sp³-hybridized carbons (Fsp3) is 0. The first-order chi connectivity index (χ1) is 2.50. The van der Waals surface area contributed by atoms with E-state index < -0.39 is 0 Å². The molecule has 0 unspecified atom stereocenters. The van der Waals surface area contributed by atoms with E-state index in [-0.39, 0.29) is 6.15 Å². The molecule has 4 nitrogen and oxygen atoms in total. The Labute approximate surface area is 34.7 Å². The summed E-state index contributed by atoms with van der Waals surface area (Å²) in [4.78, 5) is 0. The SMILES string of the molecule is [N].c1cnon1. The van der Waals surface area contributed by atoms with Gasteiger partial charge >= 0.3 is 0 Å². The Kier molecular flexibility index (Phi) is 1.99. The van der Waals surface area contributed by atoms with Crippen molar-refractivity contribution >= 4 is 0 Å². The predicted octanol–water partition coefficient (Wildman–Crippen LogP) is -0.411. The average Bonchev–Trinajstić information content (AvgIpc) is 1.76. The molecule has 0 aliphatic heterocycles. The molecule has 0 aliphatic rings. The lowest BCUT2D eigenvalue weighted by Crippen LogP contribution is -1.44. The van der Waals surface area contributed by atoms with Gasteiger partial charge in [-0.25, -0.2) is 4.63 Å². The maximum absolute atomic E-state index is 4.08. The molecule has 0 fully saturated rings. The molecular weight excluding hydrogens is 82.0 g/mol. The fourth-order valence-electron chi connectivity index (χ4n) is 0.136. The van der Waals surface area contributed by atoms with Gasteiger partial charge < -0.3 is 0 Å². The van der Waals surface area contributed by atoms with E-state index in [0.717, 1.165) is 0 Å². The van der Waals surface area contributed by atoms with Gasteiger partial charge in [0.1, 0.15) is 0 Å². The molecule has 0 saturated carbocycles. The van der Waals surface area contributed by atoms with Crippen molar-refractivity contribution in [1.82, 2.24) is 16.5 Å². The molecular formula is C2H2N3O. The highest BCUT2D eigenvalue weighted by atomic mass is 16.6. The lowest BCUT2D eigenvalue weighted by molar-refractivity contribution is 0.307. The van der Waals surface area contributed by atoms with Gasteiger partial charge in [-0.2, -0.15) is 0 Å². The standard InChI is InChI=1S/C2H2N2O.N/c1-2-4-5-3-1;/h1-2H;. The summed E-state index contributed by atoms with van der Waals surface area (Å²) < 4.78 is 4.08. The van der Waals surface area contributed by atoms with Crippen molar-refractivity contribution < 1.29 is 4.63 Å². The van der Waals surface area contributed by atoms with E-state index in [1.54, 1.807) is 0 Å². The van der Waals surface area contributed by atoms with Crippen molar-refractivity contribution in [3.05, 3.63) is 12.4 Å². The van der Waals surface area contributed by atoms with Crippen LogP contribution in [-0.2, 0) is 0 Å². The molecule has 6 heavy (non-hydrogen) atoms. The minimum Gasteiger partial charge on any atom is -0.245 e. The van der Waals surface area contributed by atoms with Crippen molar-refractivity contribution in [2.75, 3.05) is 0 Å². The third-order valence-corrected chi connectivity index (χ3v) is 0.283. The molecule has 1 aromatic rings. The first-order valence-corrected chi connectivity index (χ1v) is 1.21. The van der Waals surface area contributed by atoms with Crippen LogP contribution in [0.25, 0.3) is 0 Å². The number of hydrogen-bond acceptors (Lipinski definition) is 3. The van der Waals surface area contributed by atoms with Gasteiger partial charge in [0, 0.05) is 6.15 Å². The van der Waals surface area contributed by atoms with Crippen molar-refractivity contribution in [2.24, 2.45) is 0 Å². The lowest BCUT2D eigenvalue weighted by atomic mass is 11.0. The van der Waals surface area contributed by atoms with Gasteiger partial charge in [-0.1, -0.05) is 10.3 Å². The first kappa shape index (κ1) is 5.10. The zero-order valence-electron chi connectivity index (χ0n) is 2.90. The Balaban J connectivity index is 0.000000250. The second-order valence-electron chi connectivity index (χ2n) is 0.591. The zero-order valence-corrected chi connectivity index (χ0v) is 2.90.